The van der Waals surface area contributed by atoms with Crippen molar-refractivity contribution in [2.24, 2.45) is 14.1 Å². The number of halogens is 1. The van der Waals surface area contributed by atoms with E-state index in [2.05, 4.69) is 26.1 Å². The van der Waals surface area contributed by atoms with E-state index < -0.39 is 0 Å². The Labute approximate surface area is 113 Å². The molecule has 18 heavy (non-hydrogen) atoms. The van der Waals surface area contributed by atoms with Gasteiger partial charge in [0, 0.05) is 27.3 Å². The summed E-state index contributed by atoms with van der Waals surface area (Å²) < 4.78 is 4.26. The minimum Gasteiger partial charge on any atom is -0.336 e. The number of hydrogen-bond donors (Lipinski definition) is 0. The Kier molecular flexibility index (Phi) is 3.51. The van der Waals surface area contributed by atoms with Gasteiger partial charge in [-0.15, -0.1) is 0 Å². The first-order chi connectivity index (χ1) is 8.49. The molecule has 2 heterocycles. The summed E-state index contributed by atoms with van der Waals surface area (Å²) in [5.41, 5.74) is 1.54. The molecule has 2 rings (SSSR count). The zero-order chi connectivity index (χ0) is 13.3. The van der Waals surface area contributed by atoms with E-state index in [-0.39, 0.29) is 5.91 Å². The zero-order valence-corrected chi connectivity index (χ0v) is 12.0. The first-order valence-corrected chi connectivity index (χ1v) is 6.19. The topological polar surface area (TPSA) is 56.0 Å². The van der Waals surface area contributed by atoms with Crippen molar-refractivity contribution in [2.75, 3.05) is 7.05 Å². The van der Waals surface area contributed by atoms with Gasteiger partial charge in [-0.3, -0.25) is 14.2 Å². The van der Waals surface area contributed by atoms with Gasteiger partial charge in [0.15, 0.2) is 0 Å². The van der Waals surface area contributed by atoms with Gasteiger partial charge >= 0.3 is 0 Å². The second-order valence-corrected chi connectivity index (χ2v) is 4.98. The van der Waals surface area contributed by atoms with Crippen molar-refractivity contribution in [1.29, 1.82) is 0 Å². The van der Waals surface area contributed by atoms with Crippen molar-refractivity contribution < 1.29 is 4.79 Å². The van der Waals surface area contributed by atoms with Crippen LogP contribution in [-0.2, 0) is 20.6 Å². The summed E-state index contributed by atoms with van der Waals surface area (Å²) in [4.78, 5) is 13.8. The standard InChI is InChI=1S/C11H14BrN5O/c1-15(7-10-9(12)5-14-17(10)3)11(18)8-4-13-16(2)6-8/h4-6H,7H2,1-3H3. The van der Waals surface area contributed by atoms with E-state index in [1.807, 2.05) is 7.05 Å². The van der Waals surface area contributed by atoms with Gasteiger partial charge in [-0.25, -0.2) is 0 Å². The maximum atomic E-state index is 12.1. The van der Waals surface area contributed by atoms with Gasteiger partial charge in [0.05, 0.1) is 34.7 Å². The fraction of sp³-hybridized carbons (Fsp3) is 0.364. The molecule has 0 fully saturated rings. The maximum Gasteiger partial charge on any atom is 0.257 e. The number of aryl methyl sites for hydroxylation is 2. The van der Waals surface area contributed by atoms with Gasteiger partial charge in [-0.2, -0.15) is 10.2 Å². The quantitative estimate of drug-likeness (QED) is 0.855. The highest BCUT2D eigenvalue weighted by molar-refractivity contribution is 9.10. The van der Waals surface area contributed by atoms with E-state index in [0.717, 1.165) is 10.2 Å². The Morgan fingerprint density at radius 1 is 1.39 bits per heavy atom. The van der Waals surface area contributed by atoms with E-state index in [0.29, 0.717) is 12.1 Å². The van der Waals surface area contributed by atoms with Crippen LogP contribution in [0.15, 0.2) is 23.1 Å². The number of hydrogen-bond acceptors (Lipinski definition) is 3. The van der Waals surface area contributed by atoms with Crippen molar-refractivity contribution in [2.45, 2.75) is 6.54 Å². The lowest BCUT2D eigenvalue weighted by atomic mass is 10.3. The molecule has 0 atom stereocenters. The number of nitrogens with zero attached hydrogens (tertiary/aromatic N) is 5. The molecule has 2 aromatic rings. The maximum absolute atomic E-state index is 12.1. The third-order valence-electron chi connectivity index (χ3n) is 2.70. The fourth-order valence-corrected chi connectivity index (χ4v) is 2.14. The minimum atomic E-state index is -0.0591. The molecule has 0 unspecified atom stereocenters. The fourth-order valence-electron chi connectivity index (χ4n) is 1.66. The average Bonchev–Trinajstić information content (AvgIpc) is 2.89. The lowest BCUT2D eigenvalue weighted by molar-refractivity contribution is 0.0781. The van der Waals surface area contributed by atoms with Crippen LogP contribution in [0.5, 0.6) is 0 Å². The zero-order valence-electron chi connectivity index (χ0n) is 10.5. The van der Waals surface area contributed by atoms with Crippen LogP contribution in [0, 0.1) is 0 Å². The SMILES string of the molecule is CN(Cc1c(Br)cnn1C)C(=O)c1cnn(C)c1. The molecular formula is C11H14BrN5O. The molecule has 0 N–H and O–H groups in total. The molecule has 0 aliphatic heterocycles. The van der Waals surface area contributed by atoms with Crippen LogP contribution in [0.1, 0.15) is 16.1 Å². The average molecular weight is 312 g/mol. The first kappa shape index (κ1) is 12.8. The largest absolute Gasteiger partial charge is 0.336 e. The van der Waals surface area contributed by atoms with Gasteiger partial charge in [0.2, 0.25) is 0 Å². The number of aromatic nitrogens is 4. The summed E-state index contributed by atoms with van der Waals surface area (Å²) in [5.74, 6) is -0.0591. The summed E-state index contributed by atoms with van der Waals surface area (Å²) in [6, 6.07) is 0. The van der Waals surface area contributed by atoms with E-state index >= 15 is 0 Å². The van der Waals surface area contributed by atoms with Crippen molar-refractivity contribution in [3.8, 4) is 0 Å². The molecule has 2 aromatic heterocycles. The molecule has 0 spiro atoms. The molecular weight excluding hydrogens is 298 g/mol. The summed E-state index contributed by atoms with van der Waals surface area (Å²) in [6.07, 6.45) is 4.99. The van der Waals surface area contributed by atoms with Crippen LogP contribution in [0.4, 0.5) is 0 Å². The van der Waals surface area contributed by atoms with Crippen LogP contribution in [0.2, 0.25) is 0 Å². The normalized spacial score (nSPS) is 10.7. The summed E-state index contributed by atoms with van der Waals surface area (Å²) in [6.45, 7) is 0.491. The summed E-state index contributed by atoms with van der Waals surface area (Å²) >= 11 is 3.42. The molecule has 0 radical (unpaired) electrons. The van der Waals surface area contributed by atoms with E-state index in [1.165, 1.54) is 0 Å². The second-order valence-electron chi connectivity index (χ2n) is 4.13. The van der Waals surface area contributed by atoms with Gasteiger partial charge < -0.3 is 4.90 Å². The molecule has 0 aliphatic rings. The highest BCUT2D eigenvalue weighted by atomic mass is 79.9. The van der Waals surface area contributed by atoms with Gasteiger partial charge in [0.25, 0.3) is 5.91 Å². The van der Waals surface area contributed by atoms with Gasteiger partial charge in [0.1, 0.15) is 0 Å². The first-order valence-electron chi connectivity index (χ1n) is 5.39. The van der Waals surface area contributed by atoms with E-state index in [1.54, 1.807) is 46.9 Å². The molecule has 7 heteroatoms. The van der Waals surface area contributed by atoms with Crippen LogP contribution in [-0.4, -0.2) is 37.4 Å². The van der Waals surface area contributed by atoms with E-state index in [9.17, 15) is 4.79 Å². The predicted octanol–water partition coefficient (Wildman–Crippen LogP) is 1.19. The lowest BCUT2D eigenvalue weighted by Crippen LogP contribution is -2.27. The van der Waals surface area contributed by atoms with E-state index in [4.69, 9.17) is 0 Å². The Hall–Kier alpha value is -1.63. The molecule has 1 amide bonds. The van der Waals surface area contributed by atoms with Gasteiger partial charge in [-0.1, -0.05) is 0 Å². The minimum absolute atomic E-state index is 0.0591. The van der Waals surface area contributed by atoms with Crippen LogP contribution >= 0.6 is 15.9 Å². The molecule has 0 saturated heterocycles. The van der Waals surface area contributed by atoms with Crippen LogP contribution in [0.3, 0.4) is 0 Å². The molecule has 0 aliphatic carbocycles. The summed E-state index contributed by atoms with van der Waals surface area (Å²) in [5, 5.41) is 8.12. The predicted molar refractivity (Wildman–Crippen MR) is 69.9 cm³/mol. The molecule has 0 saturated carbocycles. The second kappa shape index (κ2) is 4.93. The number of rotatable bonds is 3. The Morgan fingerprint density at radius 2 is 2.11 bits per heavy atom. The summed E-state index contributed by atoms with van der Waals surface area (Å²) in [7, 11) is 5.39. The number of carbonyl (C=O) groups excluding carboxylic acids is 1. The van der Waals surface area contributed by atoms with Crippen LogP contribution in [0.25, 0.3) is 0 Å². The monoisotopic (exact) mass is 311 g/mol. The molecule has 6 nitrogen and oxygen atoms in total. The number of carbonyl (C=O) groups is 1. The smallest absolute Gasteiger partial charge is 0.257 e. The van der Waals surface area contributed by atoms with Crippen molar-refractivity contribution in [3.05, 3.63) is 34.3 Å². The third-order valence-corrected chi connectivity index (χ3v) is 3.36. The Morgan fingerprint density at radius 3 is 2.61 bits per heavy atom. The molecule has 0 aromatic carbocycles. The molecule has 0 bridgehead atoms. The Bertz CT molecular complexity index is 554. The van der Waals surface area contributed by atoms with Crippen molar-refractivity contribution in [1.82, 2.24) is 24.5 Å². The third kappa shape index (κ3) is 2.45. The van der Waals surface area contributed by atoms with Crippen molar-refractivity contribution >= 4 is 21.8 Å². The van der Waals surface area contributed by atoms with Crippen LogP contribution < -0.4 is 0 Å². The number of amides is 1. The van der Waals surface area contributed by atoms with Crippen molar-refractivity contribution in [3.63, 3.8) is 0 Å². The molecule has 96 valence electrons. The van der Waals surface area contributed by atoms with Gasteiger partial charge in [-0.05, 0) is 15.9 Å². The Balaban J connectivity index is 2.13. The lowest BCUT2D eigenvalue weighted by Gasteiger charge is -2.16. The highest BCUT2D eigenvalue weighted by Gasteiger charge is 2.16. The highest BCUT2D eigenvalue weighted by Crippen LogP contribution is 2.17.